The summed E-state index contributed by atoms with van der Waals surface area (Å²) in [5.74, 6) is -0.123. The van der Waals surface area contributed by atoms with Crippen molar-refractivity contribution in [2.24, 2.45) is 5.41 Å². The molecule has 0 amide bonds. The number of hydrogen-bond donors (Lipinski definition) is 0. The zero-order chi connectivity index (χ0) is 21.5. The molecule has 1 aromatic carbocycles. The summed E-state index contributed by atoms with van der Waals surface area (Å²) in [5.41, 5.74) is 1.41. The van der Waals surface area contributed by atoms with Gasteiger partial charge >= 0.3 is 5.97 Å². The van der Waals surface area contributed by atoms with Gasteiger partial charge in [0.1, 0.15) is 5.41 Å². The molecule has 2 unspecified atom stereocenters. The summed E-state index contributed by atoms with van der Waals surface area (Å²) in [7, 11) is -0.572. The van der Waals surface area contributed by atoms with E-state index in [1.807, 2.05) is 6.07 Å². The lowest BCUT2D eigenvalue weighted by Crippen LogP contribution is -2.49. The lowest BCUT2D eigenvalue weighted by molar-refractivity contribution is -0.149. The van der Waals surface area contributed by atoms with Crippen molar-refractivity contribution in [2.45, 2.75) is 83.0 Å². The Hall–Kier alpha value is -0.663. The number of carbonyl (C=O) groups is 1. The van der Waals surface area contributed by atoms with E-state index >= 15 is 0 Å². The van der Waals surface area contributed by atoms with Gasteiger partial charge < -0.3 is 9.16 Å². The minimum absolute atomic E-state index is 0.0842. The van der Waals surface area contributed by atoms with Crippen LogP contribution in [0.15, 0.2) is 35.9 Å². The molecule has 0 saturated heterocycles. The maximum absolute atomic E-state index is 13.3. The lowest BCUT2D eigenvalue weighted by atomic mass is 9.85. The molecule has 0 aromatic heterocycles. The van der Waals surface area contributed by atoms with Crippen LogP contribution in [0.4, 0.5) is 0 Å². The first-order chi connectivity index (χ1) is 13.5. The standard InChI is InChI=1S/C24H35IO3Si/c1-22(2,3)29(5,6)28-24(19-13-8-7-9-14-19)17-23(24,21(26)27-4)16-18-12-10-11-15-20(18)25/h10-13,15H,7-9,14,16-17H2,1-6H3. The summed E-state index contributed by atoms with van der Waals surface area (Å²) in [5, 5.41) is 0.0842. The highest BCUT2D eigenvalue weighted by Gasteiger charge is 2.76. The highest BCUT2D eigenvalue weighted by molar-refractivity contribution is 14.1. The van der Waals surface area contributed by atoms with Crippen molar-refractivity contribution in [1.29, 1.82) is 0 Å². The van der Waals surface area contributed by atoms with E-state index in [1.165, 1.54) is 34.7 Å². The highest BCUT2D eigenvalue weighted by atomic mass is 127. The minimum Gasteiger partial charge on any atom is -0.468 e. The molecule has 29 heavy (non-hydrogen) atoms. The number of methoxy groups -OCH3 is 1. The Kier molecular flexibility index (Phi) is 6.44. The van der Waals surface area contributed by atoms with Crippen LogP contribution in [0.25, 0.3) is 0 Å². The summed E-state index contributed by atoms with van der Waals surface area (Å²) in [6.07, 6.45) is 8.27. The Morgan fingerprint density at radius 3 is 2.45 bits per heavy atom. The van der Waals surface area contributed by atoms with Crippen molar-refractivity contribution >= 4 is 36.9 Å². The second-order valence-corrected chi connectivity index (χ2v) is 16.1. The molecular formula is C24H35IO3Si. The highest BCUT2D eigenvalue weighted by Crippen LogP contribution is 2.68. The number of benzene rings is 1. The third kappa shape index (κ3) is 4.11. The van der Waals surface area contributed by atoms with Crippen LogP contribution in [-0.2, 0) is 20.4 Å². The molecule has 0 spiro atoms. The second kappa shape index (κ2) is 8.12. The summed E-state index contributed by atoms with van der Waals surface area (Å²) in [6, 6.07) is 8.35. The molecule has 0 aliphatic heterocycles. The van der Waals surface area contributed by atoms with Gasteiger partial charge in [0.2, 0.25) is 0 Å². The van der Waals surface area contributed by atoms with E-state index < -0.39 is 19.3 Å². The van der Waals surface area contributed by atoms with E-state index in [-0.39, 0.29) is 11.0 Å². The van der Waals surface area contributed by atoms with E-state index in [9.17, 15) is 4.79 Å². The predicted molar refractivity (Wildman–Crippen MR) is 129 cm³/mol. The Bertz CT molecular complexity index is 811. The van der Waals surface area contributed by atoms with Crippen LogP contribution < -0.4 is 0 Å². The zero-order valence-corrected chi connectivity index (χ0v) is 21.9. The Morgan fingerprint density at radius 1 is 1.21 bits per heavy atom. The zero-order valence-electron chi connectivity index (χ0n) is 18.7. The second-order valence-electron chi connectivity index (χ2n) is 10.2. The average Bonchev–Trinajstić information content (AvgIpc) is 3.31. The van der Waals surface area contributed by atoms with Gasteiger partial charge in [0, 0.05) is 3.57 Å². The fraction of sp³-hybridized carbons (Fsp3) is 0.625. The predicted octanol–water partition coefficient (Wildman–Crippen LogP) is 6.66. The van der Waals surface area contributed by atoms with Crippen LogP contribution in [0.3, 0.4) is 0 Å². The molecule has 1 aromatic rings. The number of esters is 1. The molecular weight excluding hydrogens is 491 g/mol. The molecule has 1 fully saturated rings. The molecule has 3 nitrogen and oxygen atoms in total. The number of carbonyl (C=O) groups excluding carboxylic acids is 1. The van der Waals surface area contributed by atoms with Gasteiger partial charge in [0.25, 0.3) is 0 Å². The summed E-state index contributed by atoms with van der Waals surface area (Å²) >= 11 is 2.37. The van der Waals surface area contributed by atoms with Gasteiger partial charge in [-0.3, -0.25) is 4.79 Å². The topological polar surface area (TPSA) is 35.5 Å². The number of ether oxygens (including phenoxy) is 1. The van der Waals surface area contributed by atoms with Crippen molar-refractivity contribution < 1.29 is 14.0 Å². The molecule has 2 aliphatic rings. The summed E-state index contributed by atoms with van der Waals surface area (Å²) < 4.78 is 13.8. The first-order valence-electron chi connectivity index (χ1n) is 10.7. The van der Waals surface area contributed by atoms with Gasteiger partial charge in [-0.1, -0.05) is 45.0 Å². The maximum atomic E-state index is 13.3. The Morgan fingerprint density at radius 2 is 1.90 bits per heavy atom. The number of rotatable bonds is 6. The van der Waals surface area contributed by atoms with Gasteiger partial charge in [0.05, 0.1) is 12.7 Å². The molecule has 3 rings (SSSR count). The maximum Gasteiger partial charge on any atom is 0.315 e. The smallest absolute Gasteiger partial charge is 0.315 e. The normalized spacial score (nSPS) is 27.3. The Balaban J connectivity index is 2.08. The quantitative estimate of drug-likeness (QED) is 0.180. The molecule has 0 radical (unpaired) electrons. The SMILES string of the molecule is COC(=O)C1(Cc2ccccc2I)CC1(O[Si](C)(C)C(C)(C)C)C1=CCCCC1. The fourth-order valence-electron chi connectivity index (χ4n) is 4.47. The first-order valence-corrected chi connectivity index (χ1v) is 14.7. The van der Waals surface area contributed by atoms with Crippen molar-refractivity contribution in [3.8, 4) is 0 Å². The van der Waals surface area contributed by atoms with Crippen LogP contribution in [0.5, 0.6) is 0 Å². The molecule has 0 heterocycles. The van der Waals surface area contributed by atoms with Gasteiger partial charge in [0.15, 0.2) is 8.32 Å². The molecule has 2 atom stereocenters. The molecule has 0 N–H and O–H groups in total. The van der Waals surface area contributed by atoms with Crippen LogP contribution >= 0.6 is 22.6 Å². The molecule has 0 bridgehead atoms. The van der Waals surface area contributed by atoms with Crippen LogP contribution in [0, 0.1) is 8.99 Å². The van der Waals surface area contributed by atoms with Gasteiger partial charge in [-0.2, -0.15) is 0 Å². The van der Waals surface area contributed by atoms with Crippen molar-refractivity contribution in [2.75, 3.05) is 7.11 Å². The first kappa shape index (κ1) is 23.0. The fourth-order valence-corrected chi connectivity index (χ4v) is 6.63. The summed E-state index contributed by atoms with van der Waals surface area (Å²) in [4.78, 5) is 13.3. The van der Waals surface area contributed by atoms with Crippen molar-refractivity contribution in [3.05, 3.63) is 45.0 Å². The largest absolute Gasteiger partial charge is 0.468 e. The van der Waals surface area contributed by atoms with Gasteiger partial charge in [-0.25, -0.2) is 0 Å². The lowest BCUT2D eigenvalue weighted by Gasteiger charge is -2.42. The number of halogens is 1. The van der Waals surface area contributed by atoms with E-state index in [2.05, 4.69) is 80.7 Å². The summed E-state index contributed by atoms with van der Waals surface area (Å²) in [6.45, 7) is 11.4. The van der Waals surface area contributed by atoms with Crippen LogP contribution in [0.1, 0.15) is 58.4 Å². The Labute approximate surface area is 190 Å². The van der Waals surface area contributed by atoms with E-state index in [0.29, 0.717) is 6.42 Å². The van der Waals surface area contributed by atoms with Crippen LogP contribution in [0.2, 0.25) is 18.1 Å². The molecule has 1 saturated carbocycles. The molecule has 160 valence electrons. The molecule has 2 aliphatic carbocycles. The van der Waals surface area contributed by atoms with E-state index in [4.69, 9.17) is 9.16 Å². The molecule has 5 heteroatoms. The van der Waals surface area contributed by atoms with E-state index in [1.54, 1.807) is 0 Å². The van der Waals surface area contributed by atoms with Gasteiger partial charge in [-0.15, -0.1) is 0 Å². The van der Waals surface area contributed by atoms with Crippen molar-refractivity contribution in [3.63, 3.8) is 0 Å². The van der Waals surface area contributed by atoms with Gasteiger partial charge in [-0.05, 0) is 96.5 Å². The van der Waals surface area contributed by atoms with Crippen LogP contribution in [-0.4, -0.2) is 27.0 Å². The third-order valence-electron chi connectivity index (χ3n) is 7.27. The number of hydrogen-bond acceptors (Lipinski definition) is 3. The van der Waals surface area contributed by atoms with Crippen molar-refractivity contribution in [1.82, 2.24) is 0 Å². The monoisotopic (exact) mass is 526 g/mol. The third-order valence-corrected chi connectivity index (χ3v) is 12.8. The minimum atomic E-state index is -2.09. The average molecular weight is 527 g/mol. The van der Waals surface area contributed by atoms with E-state index in [0.717, 1.165) is 19.3 Å². The number of allylic oxidation sites excluding steroid dienone is 1.